The summed E-state index contributed by atoms with van der Waals surface area (Å²) in [5, 5.41) is 11.6. The molecule has 0 fully saturated rings. The normalized spacial score (nSPS) is 11.0. The summed E-state index contributed by atoms with van der Waals surface area (Å²) in [6.45, 7) is 0. The molecule has 7 heteroatoms. The van der Waals surface area contributed by atoms with Gasteiger partial charge >= 0.3 is 6.18 Å². The number of anilines is 3. The Hall–Kier alpha value is -2.39. The van der Waals surface area contributed by atoms with E-state index in [1.54, 1.807) is 0 Å². The molecule has 0 amide bonds. The van der Waals surface area contributed by atoms with Crippen molar-refractivity contribution < 1.29 is 13.2 Å². The molecule has 0 spiro atoms. The lowest BCUT2D eigenvalue weighted by Gasteiger charge is -2.14. The lowest BCUT2D eigenvalue weighted by atomic mass is 10.1. The monoisotopic (exact) mass is 311 g/mol. The highest BCUT2D eigenvalue weighted by atomic mass is 35.5. The fourth-order valence-electron chi connectivity index (χ4n) is 1.69. The summed E-state index contributed by atoms with van der Waals surface area (Å²) in [7, 11) is 0. The van der Waals surface area contributed by atoms with Gasteiger partial charge in [-0.2, -0.15) is 18.4 Å². The maximum absolute atomic E-state index is 12.7. The smallest absolute Gasteiger partial charge is 0.397 e. The number of hydrogen-bond donors (Lipinski definition) is 2. The van der Waals surface area contributed by atoms with E-state index in [0.29, 0.717) is 11.3 Å². The van der Waals surface area contributed by atoms with Gasteiger partial charge in [0.1, 0.15) is 0 Å². The molecule has 3 nitrogen and oxygen atoms in total. The van der Waals surface area contributed by atoms with Crippen LogP contribution in [0.3, 0.4) is 0 Å². The zero-order valence-electron chi connectivity index (χ0n) is 10.5. The third-order valence-corrected chi connectivity index (χ3v) is 3.07. The van der Waals surface area contributed by atoms with Crippen molar-refractivity contribution >= 4 is 28.7 Å². The molecule has 2 aromatic rings. The van der Waals surface area contributed by atoms with Crippen molar-refractivity contribution in [3.63, 3.8) is 0 Å². The zero-order chi connectivity index (χ0) is 15.6. The summed E-state index contributed by atoms with van der Waals surface area (Å²) >= 11 is 5.88. The van der Waals surface area contributed by atoms with E-state index in [2.05, 4.69) is 5.32 Å². The van der Waals surface area contributed by atoms with Gasteiger partial charge in [-0.15, -0.1) is 0 Å². The quantitative estimate of drug-likeness (QED) is 0.799. The van der Waals surface area contributed by atoms with Gasteiger partial charge in [-0.25, -0.2) is 0 Å². The summed E-state index contributed by atoms with van der Waals surface area (Å²) in [5.41, 5.74) is 5.97. The summed E-state index contributed by atoms with van der Waals surface area (Å²) in [4.78, 5) is 0. The topological polar surface area (TPSA) is 61.8 Å². The number of alkyl halides is 3. The van der Waals surface area contributed by atoms with Gasteiger partial charge in [-0.3, -0.25) is 0 Å². The standard InChI is InChI=1S/C14H9ClF3N3/c15-10-3-2-9(14(16,17)18)6-13(10)21-12-4-1-8(7-19)5-11(12)20/h1-6,21H,20H2. The van der Waals surface area contributed by atoms with Crippen LogP contribution < -0.4 is 11.1 Å². The molecule has 108 valence electrons. The lowest BCUT2D eigenvalue weighted by Crippen LogP contribution is -2.06. The van der Waals surface area contributed by atoms with Crippen LogP contribution in [-0.2, 0) is 6.18 Å². The van der Waals surface area contributed by atoms with Crippen molar-refractivity contribution in [1.82, 2.24) is 0 Å². The molecular weight excluding hydrogens is 303 g/mol. The number of nitrogens with zero attached hydrogens (tertiary/aromatic N) is 1. The number of rotatable bonds is 2. The Labute approximate surface area is 123 Å². The van der Waals surface area contributed by atoms with Gasteiger partial charge in [0.15, 0.2) is 0 Å². The zero-order valence-corrected chi connectivity index (χ0v) is 11.3. The molecule has 0 atom stereocenters. The fourth-order valence-corrected chi connectivity index (χ4v) is 1.85. The van der Waals surface area contributed by atoms with E-state index in [9.17, 15) is 13.2 Å². The molecule has 0 saturated carbocycles. The third-order valence-electron chi connectivity index (χ3n) is 2.74. The number of nitriles is 1. The van der Waals surface area contributed by atoms with Gasteiger partial charge in [0.05, 0.1) is 39.3 Å². The number of nitrogen functional groups attached to an aromatic ring is 1. The van der Waals surface area contributed by atoms with E-state index in [-0.39, 0.29) is 16.4 Å². The van der Waals surface area contributed by atoms with Crippen LogP contribution in [-0.4, -0.2) is 0 Å². The first-order valence-corrected chi connectivity index (χ1v) is 6.12. The second-order valence-electron chi connectivity index (χ2n) is 4.23. The van der Waals surface area contributed by atoms with Gasteiger partial charge in [-0.1, -0.05) is 11.6 Å². The molecule has 0 heterocycles. The fraction of sp³-hybridized carbons (Fsp3) is 0.0714. The van der Waals surface area contributed by atoms with Crippen LogP contribution in [0.4, 0.5) is 30.2 Å². The molecule has 2 aromatic carbocycles. The number of halogens is 4. The molecule has 0 aliphatic rings. The summed E-state index contributed by atoms with van der Waals surface area (Å²) in [5.74, 6) is 0. The first-order valence-electron chi connectivity index (χ1n) is 5.74. The number of nitrogens with one attached hydrogen (secondary N) is 1. The molecule has 21 heavy (non-hydrogen) atoms. The summed E-state index contributed by atoms with van der Waals surface area (Å²) < 4.78 is 38.1. The van der Waals surface area contributed by atoms with Crippen molar-refractivity contribution in [2.45, 2.75) is 6.18 Å². The SMILES string of the molecule is N#Cc1ccc(Nc2cc(C(F)(F)F)ccc2Cl)c(N)c1. The van der Waals surface area contributed by atoms with E-state index in [1.165, 1.54) is 18.2 Å². The van der Waals surface area contributed by atoms with Crippen molar-refractivity contribution in [2.24, 2.45) is 0 Å². The highest BCUT2D eigenvalue weighted by Crippen LogP contribution is 2.35. The molecule has 0 aliphatic carbocycles. The Morgan fingerprint density at radius 3 is 2.38 bits per heavy atom. The molecule has 3 N–H and O–H groups in total. The highest BCUT2D eigenvalue weighted by molar-refractivity contribution is 6.33. The van der Waals surface area contributed by atoms with Crippen molar-refractivity contribution in [3.05, 3.63) is 52.5 Å². The minimum atomic E-state index is -4.46. The summed E-state index contributed by atoms with van der Waals surface area (Å²) in [6, 6.07) is 9.30. The molecule has 0 radical (unpaired) electrons. The lowest BCUT2D eigenvalue weighted by molar-refractivity contribution is -0.137. The molecule has 0 aromatic heterocycles. The number of hydrogen-bond acceptors (Lipinski definition) is 3. The van der Waals surface area contributed by atoms with Gasteiger partial charge < -0.3 is 11.1 Å². The van der Waals surface area contributed by atoms with Crippen LogP contribution in [0.2, 0.25) is 5.02 Å². The van der Waals surface area contributed by atoms with Gasteiger partial charge in [-0.05, 0) is 36.4 Å². The van der Waals surface area contributed by atoms with Crippen LogP contribution in [0, 0.1) is 11.3 Å². The average Bonchev–Trinajstić information content (AvgIpc) is 2.42. The minimum Gasteiger partial charge on any atom is -0.397 e. The first-order chi connectivity index (χ1) is 9.81. The number of benzene rings is 2. The Balaban J connectivity index is 2.38. The molecule has 0 aliphatic heterocycles. The molecule has 2 rings (SSSR count). The van der Waals surface area contributed by atoms with Crippen molar-refractivity contribution in [1.29, 1.82) is 5.26 Å². The third kappa shape index (κ3) is 3.38. The molecule has 0 unspecified atom stereocenters. The second-order valence-corrected chi connectivity index (χ2v) is 4.64. The molecule has 0 bridgehead atoms. The Bertz CT molecular complexity index is 720. The maximum Gasteiger partial charge on any atom is 0.416 e. The average molecular weight is 312 g/mol. The largest absolute Gasteiger partial charge is 0.416 e. The van der Waals surface area contributed by atoms with E-state index < -0.39 is 11.7 Å². The predicted octanol–water partition coefficient (Wildman–Crippen LogP) is 4.56. The van der Waals surface area contributed by atoms with Crippen LogP contribution in [0.5, 0.6) is 0 Å². The second kappa shape index (κ2) is 5.54. The van der Waals surface area contributed by atoms with E-state index >= 15 is 0 Å². The predicted molar refractivity (Wildman–Crippen MR) is 75.3 cm³/mol. The minimum absolute atomic E-state index is 0.0860. The van der Waals surface area contributed by atoms with E-state index in [0.717, 1.165) is 18.2 Å². The number of nitrogens with two attached hydrogens (primary N) is 1. The van der Waals surface area contributed by atoms with E-state index in [1.807, 2.05) is 6.07 Å². The maximum atomic E-state index is 12.7. The van der Waals surface area contributed by atoms with Crippen molar-refractivity contribution in [2.75, 3.05) is 11.1 Å². The molecular formula is C14H9ClF3N3. The van der Waals surface area contributed by atoms with Crippen LogP contribution in [0.1, 0.15) is 11.1 Å². The van der Waals surface area contributed by atoms with Crippen molar-refractivity contribution in [3.8, 4) is 6.07 Å². The van der Waals surface area contributed by atoms with Crippen LogP contribution >= 0.6 is 11.6 Å². The molecule has 0 saturated heterocycles. The Kier molecular flexibility index (Phi) is 3.96. The summed E-state index contributed by atoms with van der Waals surface area (Å²) in [6.07, 6.45) is -4.46. The van der Waals surface area contributed by atoms with Crippen LogP contribution in [0.25, 0.3) is 0 Å². The van der Waals surface area contributed by atoms with E-state index in [4.69, 9.17) is 22.6 Å². The Morgan fingerprint density at radius 2 is 1.81 bits per heavy atom. The first kappa shape index (κ1) is 15.0. The highest BCUT2D eigenvalue weighted by Gasteiger charge is 2.31. The van der Waals surface area contributed by atoms with Crippen LogP contribution in [0.15, 0.2) is 36.4 Å². The Morgan fingerprint density at radius 1 is 1.10 bits per heavy atom. The van der Waals surface area contributed by atoms with Gasteiger partial charge in [0, 0.05) is 0 Å². The van der Waals surface area contributed by atoms with Gasteiger partial charge in [0.2, 0.25) is 0 Å². The van der Waals surface area contributed by atoms with Gasteiger partial charge in [0.25, 0.3) is 0 Å².